The second-order valence-electron chi connectivity index (χ2n) is 5.26. The van der Waals surface area contributed by atoms with Gasteiger partial charge in [-0.25, -0.2) is 4.39 Å². The van der Waals surface area contributed by atoms with E-state index in [0.717, 1.165) is 12.0 Å². The normalized spacial score (nSPS) is 15.0. The summed E-state index contributed by atoms with van der Waals surface area (Å²) in [6, 6.07) is 5.44. The monoisotopic (exact) mass is 307 g/mol. The van der Waals surface area contributed by atoms with E-state index in [9.17, 15) is 9.18 Å². The summed E-state index contributed by atoms with van der Waals surface area (Å²) in [5.74, 6) is 0.701. The third-order valence-electron chi connectivity index (χ3n) is 3.84. The number of hydrogen-bond acceptors (Lipinski definition) is 3. The van der Waals surface area contributed by atoms with Gasteiger partial charge in [0.05, 0.1) is 12.9 Å². The molecule has 0 aromatic heterocycles. The van der Waals surface area contributed by atoms with Crippen LogP contribution in [0.2, 0.25) is 0 Å². The number of benzene rings is 1. The number of halogens is 1. The predicted molar refractivity (Wildman–Crippen MR) is 82.9 cm³/mol. The molecular weight excluding hydrogens is 285 g/mol. The van der Waals surface area contributed by atoms with E-state index < -0.39 is 0 Å². The number of amides is 1. The molecule has 5 heteroatoms. The van der Waals surface area contributed by atoms with Crippen LogP contribution in [0.25, 0.3) is 0 Å². The van der Waals surface area contributed by atoms with E-state index in [1.807, 2.05) is 13.0 Å². The lowest BCUT2D eigenvalue weighted by Crippen LogP contribution is -2.39. The fourth-order valence-electron chi connectivity index (χ4n) is 2.40. The number of methoxy groups -OCH3 is 1. The second-order valence-corrected chi connectivity index (χ2v) is 5.26. The third kappa shape index (κ3) is 3.85. The molecule has 1 aliphatic heterocycles. The van der Waals surface area contributed by atoms with Gasteiger partial charge in [0.25, 0.3) is 5.91 Å². The van der Waals surface area contributed by atoms with E-state index in [1.165, 1.54) is 0 Å². The maximum atomic E-state index is 12.5. The molecule has 0 N–H and O–H groups in total. The largest absolute Gasteiger partial charge is 0.489 e. The molecule has 0 radical (unpaired) electrons. The van der Waals surface area contributed by atoms with Crippen LogP contribution in [0.15, 0.2) is 30.1 Å². The van der Waals surface area contributed by atoms with Gasteiger partial charge in [0.2, 0.25) is 0 Å². The summed E-state index contributed by atoms with van der Waals surface area (Å²) in [5, 5.41) is 0. The Morgan fingerprint density at radius 2 is 2.27 bits per heavy atom. The average Bonchev–Trinajstić information content (AvgIpc) is 2.55. The van der Waals surface area contributed by atoms with E-state index in [1.54, 1.807) is 24.1 Å². The minimum absolute atomic E-state index is 0.0303. The van der Waals surface area contributed by atoms with Crippen LogP contribution in [0.1, 0.15) is 29.3 Å². The first-order valence-electron chi connectivity index (χ1n) is 7.51. The predicted octanol–water partition coefficient (Wildman–Crippen LogP) is 2.97. The summed E-state index contributed by atoms with van der Waals surface area (Å²) in [4.78, 5) is 14.2. The zero-order valence-corrected chi connectivity index (χ0v) is 13.1. The number of fused-ring (bicyclic) bond motifs is 1. The standard InChI is InChI=1S/C17H22FNO3/c1-3-13(11-18)12-22-15-4-5-16-14(10-15)6-7-19(17(16)20)8-9-21-2/h4-5,10-11H,3,6-9,12H2,1-2H3/b13-11-. The highest BCUT2D eigenvalue weighted by atomic mass is 19.1. The summed E-state index contributed by atoms with van der Waals surface area (Å²) in [6.45, 7) is 3.95. The van der Waals surface area contributed by atoms with Gasteiger partial charge in [-0.3, -0.25) is 4.79 Å². The first-order chi connectivity index (χ1) is 10.7. The molecular formula is C17H22FNO3. The lowest BCUT2D eigenvalue weighted by molar-refractivity contribution is 0.0679. The lowest BCUT2D eigenvalue weighted by Gasteiger charge is -2.28. The molecule has 22 heavy (non-hydrogen) atoms. The number of hydrogen-bond donors (Lipinski definition) is 0. The van der Waals surface area contributed by atoms with Crippen LogP contribution >= 0.6 is 0 Å². The van der Waals surface area contributed by atoms with Crippen molar-refractivity contribution in [3.8, 4) is 5.75 Å². The van der Waals surface area contributed by atoms with E-state index in [-0.39, 0.29) is 12.5 Å². The van der Waals surface area contributed by atoms with Crippen molar-refractivity contribution in [1.29, 1.82) is 0 Å². The number of carbonyl (C=O) groups excluding carboxylic acids is 1. The van der Waals surface area contributed by atoms with Gasteiger partial charge in [0.1, 0.15) is 12.4 Å². The van der Waals surface area contributed by atoms with E-state index in [0.29, 0.717) is 49.3 Å². The molecule has 4 nitrogen and oxygen atoms in total. The zero-order valence-electron chi connectivity index (χ0n) is 13.1. The van der Waals surface area contributed by atoms with Crippen LogP contribution in [0.3, 0.4) is 0 Å². The van der Waals surface area contributed by atoms with Crippen LogP contribution < -0.4 is 4.74 Å². The molecule has 1 aromatic carbocycles. The van der Waals surface area contributed by atoms with Crippen molar-refractivity contribution in [2.45, 2.75) is 19.8 Å². The van der Waals surface area contributed by atoms with Gasteiger partial charge >= 0.3 is 0 Å². The molecule has 1 aliphatic rings. The SMILES string of the molecule is CC/C(=C/F)COc1ccc2c(c1)CCN(CCOC)C2=O. The molecule has 2 rings (SSSR count). The molecule has 1 heterocycles. The Morgan fingerprint density at radius 1 is 1.45 bits per heavy atom. The number of ether oxygens (including phenoxy) is 2. The second kappa shape index (κ2) is 7.94. The van der Waals surface area contributed by atoms with Gasteiger partial charge in [-0.15, -0.1) is 0 Å². The molecule has 0 aliphatic carbocycles. The number of carbonyl (C=O) groups is 1. The van der Waals surface area contributed by atoms with E-state index in [2.05, 4.69) is 0 Å². The summed E-state index contributed by atoms with van der Waals surface area (Å²) in [6.07, 6.45) is 2.01. The summed E-state index contributed by atoms with van der Waals surface area (Å²) in [7, 11) is 1.63. The van der Waals surface area contributed by atoms with Crippen molar-refractivity contribution in [2.24, 2.45) is 0 Å². The van der Waals surface area contributed by atoms with E-state index in [4.69, 9.17) is 9.47 Å². The van der Waals surface area contributed by atoms with Crippen LogP contribution in [-0.2, 0) is 11.2 Å². The highest BCUT2D eigenvalue weighted by molar-refractivity contribution is 5.96. The first kappa shape index (κ1) is 16.5. The van der Waals surface area contributed by atoms with Crippen molar-refractivity contribution >= 4 is 5.91 Å². The highest BCUT2D eigenvalue weighted by Gasteiger charge is 2.24. The Morgan fingerprint density at radius 3 is 2.95 bits per heavy atom. The molecule has 0 spiro atoms. The van der Waals surface area contributed by atoms with Gasteiger partial charge in [0, 0.05) is 25.8 Å². The zero-order chi connectivity index (χ0) is 15.9. The molecule has 0 atom stereocenters. The van der Waals surface area contributed by atoms with Gasteiger partial charge in [-0.2, -0.15) is 0 Å². The maximum Gasteiger partial charge on any atom is 0.254 e. The van der Waals surface area contributed by atoms with Gasteiger partial charge in [0.15, 0.2) is 0 Å². The highest BCUT2D eigenvalue weighted by Crippen LogP contribution is 2.24. The van der Waals surface area contributed by atoms with Crippen molar-refractivity contribution in [3.05, 3.63) is 41.2 Å². The Labute approximate surface area is 130 Å². The minimum atomic E-state index is 0.0303. The Hall–Kier alpha value is -1.88. The number of nitrogens with zero attached hydrogens (tertiary/aromatic N) is 1. The Bertz CT molecular complexity index is 557. The van der Waals surface area contributed by atoms with Crippen LogP contribution in [0.4, 0.5) is 4.39 Å². The van der Waals surface area contributed by atoms with Crippen LogP contribution in [0, 0.1) is 0 Å². The van der Waals surface area contributed by atoms with Crippen molar-refractivity contribution in [3.63, 3.8) is 0 Å². The number of rotatable bonds is 7. The van der Waals surface area contributed by atoms with Crippen molar-refractivity contribution in [1.82, 2.24) is 4.90 Å². The minimum Gasteiger partial charge on any atom is -0.489 e. The fourth-order valence-corrected chi connectivity index (χ4v) is 2.40. The van der Waals surface area contributed by atoms with Gasteiger partial charge in [-0.1, -0.05) is 6.92 Å². The topological polar surface area (TPSA) is 38.8 Å². The van der Waals surface area contributed by atoms with Gasteiger partial charge < -0.3 is 14.4 Å². The molecule has 0 fully saturated rings. The molecule has 0 unspecified atom stereocenters. The summed E-state index contributed by atoms with van der Waals surface area (Å²) >= 11 is 0. The molecule has 0 bridgehead atoms. The van der Waals surface area contributed by atoms with Crippen molar-refractivity contribution < 1.29 is 18.7 Å². The summed E-state index contributed by atoms with van der Waals surface area (Å²) < 4.78 is 23.1. The Balaban J connectivity index is 2.05. The van der Waals surface area contributed by atoms with Gasteiger partial charge in [-0.05, 0) is 42.2 Å². The maximum absolute atomic E-state index is 12.5. The fraction of sp³-hybridized carbons (Fsp3) is 0.471. The molecule has 120 valence electrons. The molecule has 0 saturated heterocycles. The molecule has 1 amide bonds. The van der Waals surface area contributed by atoms with E-state index >= 15 is 0 Å². The smallest absolute Gasteiger partial charge is 0.254 e. The summed E-state index contributed by atoms with van der Waals surface area (Å²) in [5.41, 5.74) is 2.31. The first-order valence-corrected chi connectivity index (χ1v) is 7.51. The lowest BCUT2D eigenvalue weighted by atomic mass is 9.98. The third-order valence-corrected chi connectivity index (χ3v) is 3.84. The quantitative estimate of drug-likeness (QED) is 0.777. The van der Waals surface area contributed by atoms with Crippen molar-refractivity contribution in [2.75, 3.05) is 33.4 Å². The van der Waals surface area contributed by atoms with Crippen LogP contribution in [-0.4, -0.2) is 44.2 Å². The molecule has 0 saturated carbocycles. The van der Waals surface area contributed by atoms with Crippen LogP contribution in [0.5, 0.6) is 5.75 Å². The Kier molecular flexibility index (Phi) is 5.95. The average molecular weight is 307 g/mol. The molecule has 1 aromatic rings.